The van der Waals surface area contributed by atoms with Gasteiger partial charge in [-0.3, -0.25) is 9.69 Å². The van der Waals surface area contributed by atoms with E-state index in [4.69, 9.17) is 14.6 Å². The van der Waals surface area contributed by atoms with E-state index in [0.29, 0.717) is 0 Å². The van der Waals surface area contributed by atoms with Gasteiger partial charge in [0.05, 0.1) is 6.61 Å². The first-order valence-corrected chi connectivity index (χ1v) is 7.00. The molecule has 1 amide bonds. The normalized spacial score (nSPS) is 10.8. The van der Waals surface area contributed by atoms with E-state index in [2.05, 4.69) is 4.98 Å². The predicted octanol–water partition coefficient (Wildman–Crippen LogP) is 2.08. The van der Waals surface area contributed by atoms with Crippen LogP contribution in [-0.2, 0) is 14.3 Å². The van der Waals surface area contributed by atoms with Crippen LogP contribution >= 0.6 is 0 Å². The zero-order chi connectivity index (χ0) is 17.6. The maximum absolute atomic E-state index is 12.2. The van der Waals surface area contributed by atoms with Gasteiger partial charge < -0.3 is 14.6 Å². The van der Waals surface area contributed by atoms with Gasteiger partial charge in [-0.1, -0.05) is 6.07 Å². The summed E-state index contributed by atoms with van der Waals surface area (Å²) in [6.45, 7) is 6.16. The molecule has 0 atom stereocenters. The van der Waals surface area contributed by atoms with E-state index in [1.54, 1.807) is 27.7 Å². The van der Waals surface area contributed by atoms with Crippen LogP contribution in [0.5, 0.6) is 0 Å². The maximum atomic E-state index is 12.2. The van der Waals surface area contributed by atoms with Crippen molar-refractivity contribution in [3.63, 3.8) is 0 Å². The molecule has 0 saturated heterocycles. The van der Waals surface area contributed by atoms with Crippen molar-refractivity contribution in [2.45, 2.75) is 33.3 Å². The lowest BCUT2D eigenvalue weighted by molar-refractivity contribution is -0.135. The van der Waals surface area contributed by atoms with Crippen molar-refractivity contribution in [1.29, 1.82) is 0 Å². The van der Waals surface area contributed by atoms with Crippen molar-refractivity contribution in [3.05, 3.63) is 23.9 Å². The third kappa shape index (κ3) is 5.93. The van der Waals surface area contributed by atoms with Crippen LogP contribution in [0.3, 0.4) is 0 Å². The molecule has 0 fully saturated rings. The fraction of sp³-hybridized carbons (Fsp3) is 0.467. The molecule has 1 heterocycles. The number of carbonyl (C=O) groups excluding carboxylic acids is 2. The van der Waals surface area contributed by atoms with E-state index in [1.165, 1.54) is 18.2 Å². The number of carboxylic acid groups (broad SMARTS) is 1. The summed E-state index contributed by atoms with van der Waals surface area (Å²) in [5, 5.41) is 8.99. The molecular weight excluding hydrogens is 304 g/mol. The number of ether oxygens (including phenoxy) is 2. The molecule has 1 N–H and O–H groups in total. The third-order valence-corrected chi connectivity index (χ3v) is 2.40. The van der Waals surface area contributed by atoms with Crippen molar-refractivity contribution < 1.29 is 29.0 Å². The second-order valence-corrected chi connectivity index (χ2v) is 5.56. The lowest BCUT2D eigenvalue weighted by atomic mass is 10.2. The second-order valence-electron chi connectivity index (χ2n) is 5.56. The number of aromatic nitrogens is 1. The summed E-state index contributed by atoms with van der Waals surface area (Å²) in [6, 6.07) is 4.30. The van der Waals surface area contributed by atoms with E-state index >= 15 is 0 Å². The minimum absolute atomic E-state index is 0.00722. The number of esters is 1. The zero-order valence-corrected chi connectivity index (χ0v) is 13.5. The minimum Gasteiger partial charge on any atom is -0.480 e. The standard InChI is InChI=1S/C15H20N2O6/c1-5-22-13(20)10-7-6-8-11(16-10)17(9-12(18)19)14(21)23-15(2,3)4/h6-8H,5,9H2,1-4H3,(H,18,19). The summed E-state index contributed by atoms with van der Waals surface area (Å²) < 4.78 is 10.0. The highest BCUT2D eigenvalue weighted by atomic mass is 16.6. The quantitative estimate of drug-likeness (QED) is 0.826. The molecule has 0 bridgehead atoms. The number of amides is 1. The minimum atomic E-state index is -1.24. The highest BCUT2D eigenvalue weighted by Crippen LogP contribution is 2.17. The molecule has 0 aliphatic carbocycles. The molecule has 0 aliphatic heterocycles. The first-order chi connectivity index (χ1) is 10.6. The Kier molecular flexibility index (Phi) is 6.06. The average Bonchev–Trinajstić information content (AvgIpc) is 2.43. The largest absolute Gasteiger partial charge is 0.480 e. The summed E-state index contributed by atoms with van der Waals surface area (Å²) in [6.07, 6.45) is -0.867. The van der Waals surface area contributed by atoms with Crippen LogP contribution in [0.25, 0.3) is 0 Å². The van der Waals surface area contributed by atoms with Gasteiger partial charge in [0, 0.05) is 0 Å². The monoisotopic (exact) mass is 324 g/mol. The molecule has 0 radical (unpaired) electrons. The topological polar surface area (TPSA) is 106 Å². The van der Waals surface area contributed by atoms with Gasteiger partial charge in [0.2, 0.25) is 0 Å². The summed E-state index contributed by atoms with van der Waals surface area (Å²) >= 11 is 0. The van der Waals surface area contributed by atoms with Gasteiger partial charge in [0.1, 0.15) is 18.0 Å². The first kappa shape index (κ1) is 18.4. The summed E-state index contributed by atoms with van der Waals surface area (Å²) in [5.74, 6) is -1.90. The Morgan fingerprint density at radius 1 is 1.26 bits per heavy atom. The molecular formula is C15H20N2O6. The smallest absolute Gasteiger partial charge is 0.416 e. The molecule has 8 heteroatoms. The number of anilines is 1. The number of hydrogen-bond acceptors (Lipinski definition) is 6. The predicted molar refractivity (Wildman–Crippen MR) is 81.4 cm³/mol. The number of carbonyl (C=O) groups is 3. The van der Waals surface area contributed by atoms with Crippen LogP contribution in [0.4, 0.5) is 10.6 Å². The Bertz CT molecular complexity index is 594. The zero-order valence-electron chi connectivity index (χ0n) is 13.5. The first-order valence-electron chi connectivity index (χ1n) is 7.00. The van der Waals surface area contributed by atoms with Crippen LogP contribution in [0.2, 0.25) is 0 Å². The number of aliphatic carboxylic acids is 1. The van der Waals surface area contributed by atoms with Gasteiger partial charge in [0.15, 0.2) is 5.69 Å². The van der Waals surface area contributed by atoms with E-state index in [0.717, 1.165) is 4.90 Å². The molecule has 23 heavy (non-hydrogen) atoms. The van der Waals surface area contributed by atoms with Gasteiger partial charge in [-0.15, -0.1) is 0 Å². The van der Waals surface area contributed by atoms with Crippen LogP contribution in [0.15, 0.2) is 18.2 Å². The molecule has 1 aromatic heterocycles. The number of hydrogen-bond donors (Lipinski definition) is 1. The van der Waals surface area contributed by atoms with E-state index in [1.807, 2.05) is 0 Å². The van der Waals surface area contributed by atoms with Crippen molar-refractivity contribution in [1.82, 2.24) is 4.98 Å². The van der Waals surface area contributed by atoms with Crippen LogP contribution in [0.1, 0.15) is 38.2 Å². The Hall–Kier alpha value is -2.64. The van der Waals surface area contributed by atoms with E-state index in [9.17, 15) is 14.4 Å². The van der Waals surface area contributed by atoms with Gasteiger partial charge in [0.25, 0.3) is 0 Å². The van der Waals surface area contributed by atoms with Crippen molar-refractivity contribution in [2.24, 2.45) is 0 Å². The Labute approximate surface area is 134 Å². The third-order valence-electron chi connectivity index (χ3n) is 2.40. The lowest BCUT2D eigenvalue weighted by Crippen LogP contribution is -2.40. The average molecular weight is 324 g/mol. The highest BCUT2D eigenvalue weighted by molar-refractivity contribution is 5.93. The van der Waals surface area contributed by atoms with Crippen molar-refractivity contribution in [2.75, 3.05) is 18.1 Å². The van der Waals surface area contributed by atoms with E-state index < -0.39 is 30.2 Å². The maximum Gasteiger partial charge on any atom is 0.416 e. The molecule has 0 aromatic carbocycles. The van der Waals surface area contributed by atoms with Crippen LogP contribution in [0, 0.1) is 0 Å². The summed E-state index contributed by atoms with van der Waals surface area (Å²) in [5.41, 5.74) is -0.824. The SMILES string of the molecule is CCOC(=O)c1cccc(N(CC(=O)O)C(=O)OC(C)(C)C)n1. The van der Waals surface area contributed by atoms with Crippen molar-refractivity contribution in [3.8, 4) is 0 Å². The molecule has 8 nitrogen and oxygen atoms in total. The summed E-state index contributed by atoms with van der Waals surface area (Å²) in [7, 11) is 0. The van der Waals surface area contributed by atoms with Gasteiger partial charge in [-0.05, 0) is 39.8 Å². The lowest BCUT2D eigenvalue weighted by Gasteiger charge is -2.25. The number of pyridine rings is 1. The van der Waals surface area contributed by atoms with Crippen molar-refractivity contribution >= 4 is 23.8 Å². The second kappa shape index (κ2) is 7.57. The van der Waals surface area contributed by atoms with Gasteiger partial charge in [-0.2, -0.15) is 0 Å². The summed E-state index contributed by atoms with van der Waals surface area (Å²) in [4.78, 5) is 39.7. The van der Waals surface area contributed by atoms with Gasteiger partial charge in [-0.25, -0.2) is 14.6 Å². The number of nitrogens with zero attached hydrogens (tertiary/aromatic N) is 2. The molecule has 0 spiro atoms. The van der Waals surface area contributed by atoms with E-state index in [-0.39, 0.29) is 18.1 Å². The molecule has 1 aromatic rings. The molecule has 1 rings (SSSR count). The molecule has 126 valence electrons. The molecule has 0 aliphatic rings. The Morgan fingerprint density at radius 2 is 1.91 bits per heavy atom. The number of rotatable bonds is 5. The fourth-order valence-corrected chi connectivity index (χ4v) is 1.58. The number of carboxylic acids is 1. The highest BCUT2D eigenvalue weighted by Gasteiger charge is 2.26. The Morgan fingerprint density at radius 3 is 2.43 bits per heavy atom. The van der Waals surface area contributed by atoms with Crippen LogP contribution in [-0.4, -0.2) is 46.9 Å². The molecule has 0 saturated carbocycles. The van der Waals surface area contributed by atoms with Crippen LogP contribution < -0.4 is 4.90 Å². The van der Waals surface area contributed by atoms with Gasteiger partial charge >= 0.3 is 18.0 Å². The molecule has 0 unspecified atom stereocenters. The fourth-order valence-electron chi connectivity index (χ4n) is 1.58. The Balaban J connectivity index is 3.12.